The zero-order chi connectivity index (χ0) is 8.15. The van der Waals surface area contributed by atoms with Crippen LogP contribution in [0, 0.1) is 5.92 Å². The molecule has 0 rings (SSSR count). The third-order valence-corrected chi connectivity index (χ3v) is 1.30. The van der Waals surface area contributed by atoms with E-state index in [1.54, 1.807) is 6.92 Å². The van der Waals surface area contributed by atoms with Gasteiger partial charge in [-0.15, -0.1) is 0 Å². The Balaban J connectivity index is 3.56. The maximum atomic E-state index is 11.8. The number of alkyl halides is 1. The molecule has 0 saturated heterocycles. The monoisotopic (exact) mass is 150 g/mol. The number of carboxylic acid groups (broad SMARTS) is 1. The molecule has 0 bridgehead atoms. The highest BCUT2D eigenvalue weighted by Gasteiger charge is 2.18. The van der Waals surface area contributed by atoms with Gasteiger partial charge in [0.15, 0.2) is 6.04 Å². The molecule has 0 radical (unpaired) electrons. The lowest BCUT2D eigenvalue weighted by atomic mass is 10.0. The van der Waals surface area contributed by atoms with Crippen molar-refractivity contribution in [2.45, 2.75) is 19.4 Å². The van der Waals surface area contributed by atoms with E-state index in [4.69, 9.17) is 5.11 Å². The van der Waals surface area contributed by atoms with E-state index in [2.05, 4.69) is 5.73 Å². The number of aliphatic carboxylic acids is 1. The summed E-state index contributed by atoms with van der Waals surface area (Å²) < 4.78 is 11.8. The first-order valence-corrected chi connectivity index (χ1v) is 3.19. The van der Waals surface area contributed by atoms with Crippen LogP contribution in [0.5, 0.6) is 0 Å². The molecular formula is C6H13FNO2+. The molecule has 0 fully saturated rings. The molecular weight excluding hydrogens is 137 g/mol. The standard InChI is InChI=1S/C6H12FNO2/c1-4(3-7)2-5(8)6(9)10/h4-5H,2-3,8H2,1H3,(H,9,10)/p+1/t4-,5+/m1/s1. The van der Waals surface area contributed by atoms with E-state index in [-0.39, 0.29) is 5.92 Å². The van der Waals surface area contributed by atoms with Gasteiger partial charge >= 0.3 is 5.97 Å². The van der Waals surface area contributed by atoms with Gasteiger partial charge < -0.3 is 10.8 Å². The molecule has 0 unspecified atom stereocenters. The summed E-state index contributed by atoms with van der Waals surface area (Å²) in [5, 5.41) is 8.34. The van der Waals surface area contributed by atoms with Gasteiger partial charge in [0, 0.05) is 6.42 Å². The first-order valence-electron chi connectivity index (χ1n) is 3.19. The van der Waals surface area contributed by atoms with Crippen LogP contribution in [0.25, 0.3) is 0 Å². The summed E-state index contributed by atoms with van der Waals surface area (Å²) in [6.45, 7) is 1.19. The highest BCUT2D eigenvalue weighted by atomic mass is 19.1. The third-order valence-electron chi connectivity index (χ3n) is 1.30. The topological polar surface area (TPSA) is 64.9 Å². The lowest BCUT2D eigenvalue weighted by Gasteiger charge is -2.06. The van der Waals surface area contributed by atoms with Crippen molar-refractivity contribution in [3.8, 4) is 0 Å². The van der Waals surface area contributed by atoms with Gasteiger partial charge in [-0.2, -0.15) is 0 Å². The maximum Gasteiger partial charge on any atom is 0.362 e. The van der Waals surface area contributed by atoms with Gasteiger partial charge in [0.05, 0.1) is 6.67 Å². The lowest BCUT2D eigenvalue weighted by Crippen LogP contribution is -2.65. The van der Waals surface area contributed by atoms with Crippen molar-refractivity contribution >= 4 is 5.97 Å². The van der Waals surface area contributed by atoms with E-state index < -0.39 is 18.7 Å². The second-order valence-corrected chi connectivity index (χ2v) is 2.53. The SMILES string of the molecule is C[C@@H](CF)C[C@H]([NH3+])C(=O)O. The Bertz CT molecular complexity index is 118. The predicted octanol–water partition coefficient (Wildman–Crippen LogP) is -0.323. The Hall–Kier alpha value is -0.640. The average Bonchev–Trinajstić information content (AvgIpc) is 1.87. The fourth-order valence-corrected chi connectivity index (χ4v) is 0.650. The summed E-state index contributed by atoms with van der Waals surface area (Å²) in [4.78, 5) is 10.2. The molecule has 0 aromatic rings. The number of carbonyl (C=O) groups is 1. The molecule has 4 N–H and O–H groups in total. The zero-order valence-corrected chi connectivity index (χ0v) is 6.01. The van der Waals surface area contributed by atoms with Crippen molar-refractivity contribution in [3.63, 3.8) is 0 Å². The first kappa shape index (κ1) is 9.36. The molecule has 0 aliphatic rings. The number of halogens is 1. The van der Waals surface area contributed by atoms with E-state index in [0.717, 1.165) is 0 Å². The number of rotatable bonds is 4. The first-order chi connectivity index (χ1) is 4.57. The number of carboxylic acids is 1. The smallest absolute Gasteiger partial charge is 0.362 e. The normalized spacial score (nSPS) is 16.3. The molecule has 0 spiro atoms. The van der Waals surface area contributed by atoms with Crippen molar-refractivity contribution < 1.29 is 20.0 Å². The molecule has 0 aliphatic carbocycles. The minimum atomic E-state index is -0.958. The summed E-state index contributed by atoms with van der Waals surface area (Å²) in [6, 6.07) is -0.675. The number of hydrogen-bond acceptors (Lipinski definition) is 1. The Morgan fingerprint density at radius 3 is 2.60 bits per heavy atom. The lowest BCUT2D eigenvalue weighted by molar-refractivity contribution is -0.410. The molecule has 4 heteroatoms. The van der Waals surface area contributed by atoms with Crippen LogP contribution in [-0.2, 0) is 4.79 Å². The van der Waals surface area contributed by atoms with Gasteiger partial charge in [0.1, 0.15) is 0 Å². The third kappa shape index (κ3) is 3.40. The minimum Gasteiger partial charge on any atom is -0.477 e. The quantitative estimate of drug-likeness (QED) is 0.576. The van der Waals surface area contributed by atoms with Crippen LogP contribution in [0.1, 0.15) is 13.3 Å². The van der Waals surface area contributed by atoms with Crippen molar-refractivity contribution in [3.05, 3.63) is 0 Å². The minimum absolute atomic E-state index is 0.196. The number of hydrogen-bond donors (Lipinski definition) is 2. The molecule has 0 saturated carbocycles. The second kappa shape index (κ2) is 4.22. The van der Waals surface area contributed by atoms with E-state index in [0.29, 0.717) is 6.42 Å². The molecule has 60 valence electrons. The van der Waals surface area contributed by atoms with Crippen LogP contribution in [-0.4, -0.2) is 23.8 Å². The summed E-state index contributed by atoms with van der Waals surface area (Å²) in [6.07, 6.45) is 0.311. The Morgan fingerprint density at radius 1 is 1.80 bits per heavy atom. The van der Waals surface area contributed by atoms with Gasteiger partial charge in [-0.3, -0.25) is 4.39 Å². The molecule has 10 heavy (non-hydrogen) atoms. The molecule has 0 heterocycles. The van der Waals surface area contributed by atoms with E-state index in [1.807, 2.05) is 0 Å². The summed E-state index contributed by atoms with van der Waals surface area (Å²) in [5.41, 5.74) is 3.36. The highest BCUT2D eigenvalue weighted by molar-refractivity contribution is 5.71. The van der Waals surface area contributed by atoms with Crippen LogP contribution in [0.3, 0.4) is 0 Å². The van der Waals surface area contributed by atoms with E-state index >= 15 is 0 Å². The van der Waals surface area contributed by atoms with Crippen LogP contribution >= 0.6 is 0 Å². The zero-order valence-electron chi connectivity index (χ0n) is 6.01. The predicted molar refractivity (Wildman–Crippen MR) is 34.1 cm³/mol. The molecule has 2 atom stereocenters. The second-order valence-electron chi connectivity index (χ2n) is 2.53. The van der Waals surface area contributed by atoms with Crippen LogP contribution in [0.15, 0.2) is 0 Å². The van der Waals surface area contributed by atoms with Crippen molar-refractivity contribution in [1.29, 1.82) is 0 Å². The molecule has 3 nitrogen and oxygen atoms in total. The molecule has 0 aliphatic heterocycles. The van der Waals surface area contributed by atoms with Gasteiger partial charge in [-0.1, -0.05) is 6.92 Å². The van der Waals surface area contributed by atoms with Gasteiger partial charge in [0.2, 0.25) is 0 Å². The summed E-state index contributed by atoms with van der Waals surface area (Å²) in [5.74, 6) is -1.15. The highest BCUT2D eigenvalue weighted by Crippen LogP contribution is 2.03. The molecule has 0 aromatic heterocycles. The Morgan fingerprint density at radius 2 is 2.30 bits per heavy atom. The van der Waals surface area contributed by atoms with Gasteiger partial charge in [-0.05, 0) is 5.92 Å². The summed E-state index contributed by atoms with van der Waals surface area (Å²) >= 11 is 0. The van der Waals surface area contributed by atoms with Crippen LogP contribution in [0.4, 0.5) is 4.39 Å². The van der Waals surface area contributed by atoms with Crippen molar-refractivity contribution in [1.82, 2.24) is 0 Å². The summed E-state index contributed by atoms with van der Waals surface area (Å²) in [7, 11) is 0. The largest absolute Gasteiger partial charge is 0.477 e. The van der Waals surface area contributed by atoms with E-state index in [1.165, 1.54) is 0 Å². The van der Waals surface area contributed by atoms with Gasteiger partial charge in [0.25, 0.3) is 0 Å². The molecule has 0 aromatic carbocycles. The van der Waals surface area contributed by atoms with Crippen molar-refractivity contribution in [2.75, 3.05) is 6.67 Å². The fraction of sp³-hybridized carbons (Fsp3) is 0.833. The molecule has 0 amide bonds. The van der Waals surface area contributed by atoms with E-state index in [9.17, 15) is 9.18 Å². The fourth-order valence-electron chi connectivity index (χ4n) is 0.650. The maximum absolute atomic E-state index is 11.8. The Labute approximate surface area is 59.0 Å². The van der Waals surface area contributed by atoms with Crippen LogP contribution < -0.4 is 5.73 Å². The number of quaternary nitrogens is 1. The van der Waals surface area contributed by atoms with Gasteiger partial charge in [-0.25, -0.2) is 4.79 Å². The van der Waals surface area contributed by atoms with Crippen LogP contribution in [0.2, 0.25) is 0 Å². The van der Waals surface area contributed by atoms with Crippen molar-refractivity contribution in [2.24, 2.45) is 5.92 Å². The Kier molecular flexibility index (Phi) is 3.95. The average molecular weight is 150 g/mol.